The van der Waals surface area contributed by atoms with Gasteiger partial charge in [0.2, 0.25) is 5.91 Å². The lowest BCUT2D eigenvalue weighted by atomic mass is 9.82. The summed E-state index contributed by atoms with van der Waals surface area (Å²) in [7, 11) is 0. The van der Waals surface area contributed by atoms with Crippen molar-refractivity contribution >= 4 is 5.91 Å². The summed E-state index contributed by atoms with van der Waals surface area (Å²) >= 11 is 0. The molecule has 1 saturated heterocycles. The Kier molecular flexibility index (Phi) is 4.22. The fourth-order valence-corrected chi connectivity index (χ4v) is 3.04. The standard InChI is InChI=1S/C13H24N2O/c1-10-3-2-4-11(7-10)8-14-9-12-5-6-13(16)15-12/h10-12,14H,2-9H2,1H3,(H,15,16). The first-order valence-electron chi connectivity index (χ1n) is 6.74. The Morgan fingerprint density at radius 1 is 1.31 bits per heavy atom. The average Bonchev–Trinajstić information content (AvgIpc) is 2.64. The molecule has 1 amide bonds. The molecular formula is C13H24N2O. The molecule has 3 heteroatoms. The highest BCUT2D eigenvalue weighted by atomic mass is 16.1. The van der Waals surface area contributed by atoms with Crippen LogP contribution >= 0.6 is 0 Å². The van der Waals surface area contributed by atoms with Crippen molar-refractivity contribution in [2.75, 3.05) is 13.1 Å². The van der Waals surface area contributed by atoms with Gasteiger partial charge in [0.05, 0.1) is 0 Å². The monoisotopic (exact) mass is 224 g/mol. The molecule has 2 rings (SSSR count). The third-order valence-corrected chi connectivity index (χ3v) is 3.95. The van der Waals surface area contributed by atoms with E-state index in [2.05, 4.69) is 17.6 Å². The van der Waals surface area contributed by atoms with Crippen molar-refractivity contribution < 1.29 is 4.79 Å². The molecule has 1 heterocycles. The van der Waals surface area contributed by atoms with Crippen LogP contribution in [0.3, 0.4) is 0 Å². The van der Waals surface area contributed by atoms with Gasteiger partial charge in [0, 0.05) is 19.0 Å². The Hall–Kier alpha value is -0.570. The average molecular weight is 224 g/mol. The molecule has 3 nitrogen and oxygen atoms in total. The minimum Gasteiger partial charge on any atom is -0.352 e. The molecule has 1 aliphatic heterocycles. The lowest BCUT2D eigenvalue weighted by Crippen LogP contribution is -2.38. The Morgan fingerprint density at radius 3 is 2.88 bits per heavy atom. The summed E-state index contributed by atoms with van der Waals surface area (Å²) in [4.78, 5) is 11.0. The smallest absolute Gasteiger partial charge is 0.220 e. The molecule has 0 aromatic heterocycles. The fraction of sp³-hybridized carbons (Fsp3) is 0.923. The van der Waals surface area contributed by atoms with Crippen LogP contribution in [0.15, 0.2) is 0 Å². The summed E-state index contributed by atoms with van der Waals surface area (Å²) in [5.74, 6) is 1.99. The van der Waals surface area contributed by atoms with E-state index in [4.69, 9.17) is 0 Å². The zero-order chi connectivity index (χ0) is 11.4. The first-order chi connectivity index (χ1) is 7.74. The number of amides is 1. The molecule has 92 valence electrons. The van der Waals surface area contributed by atoms with Gasteiger partial charge >= 0.3 is 0 Å². The molecule has 0 aromatic rings. The van der Waals surface area contributed by atoms with E-state index in [1.165, 1.54) is 25.7 Å². The van der Waals surface area contributed by atoms with E-state index in [1.807, 2.05) is 0 Å². The van der Waals surface area contributed by atoms with Gasteiger partial charge in [-0.2, -0.15) is 0 Å². The van der Waals surface area contributed by atoms with E-state index in [-0.39, 0.29) is 5.91 Å². The summed E-state index contributed by atoms with van der Waals surface area (Å²) in [6, 6.07) is 0.383. The van der Waals surface area contributed by atoms with Crippen LogP contribution in [0.25, 0.3) is 0 Å². The van der Waals surface area contributed by atoms with Gasteiger partial charge in [-0.3, -0.25) is 4.79 Å². The number of nitrogens with one attached hydrogen (secondary N) is 2. The third-order valence-electron chi connectivity index (χ3n) is 3.95. The minimum atomic E-state index is 0.220. The molecular weight excluding hydrogens is 200 g/mol. The highest BCUT2D eigenvalue weighted by Gasteiger charge is 2.22. The van der Waals surface area contributed by atoms with E-state index < -0.39 is 0 Å². The van der Waals surface area contributed by atoms with Gasteiger partial charge in [0.15, 0.2) is 0 Å². The predicted molar refractivity (Wildman–Crippen MR) is 65.2 cm³/mol. The van der Waals surface area contributed by atoms with Crippen LogP contribution in [-0.2, 0) is 4.79 Å². The van der Waals surface area contributed by atoms with Gasteiger partial charge in [-0.1, -0.05) is 19.8 Å². The lowest BCUT2D eigenvalue weighted by molar-refractivity contribution is -0.119. The Bertz CT molecular complexity index is 242. The summed E-state index contributed by atoms with van der Waals surface area (Å²) < 4.78 is 0. The van der Waals surface area contributed by atoms with Crippen molar-refractivity contribution in [3.05, 3.63) is 0 Å². The van der Waals surface area contributed by atoms with Crippen molar-refractivity contribution in [2.45, 2.75) is 51.5 Å². The second-order valence-electron chi connectivity index (χ2n) is 5.60. The van der Waals surface area contributed by atoms with Gasteiger partial charge in [0.1, 0.15) is 0 Å². The van der Waals surface area contributed by atoms with E-state index in [9.17, 15) is 4.79 Å². The van der Waals surface area contributed by atoms with Crippen LogP contribution < -0.4 is 10.6 Å². The van der Waals surface area contributed by atoms with E-state index >= 15 is 0 Å². The molecule has 0 spiro atoms. The van der Waals surface area contributed by atoms with Gasteiger partial charge in [-0.05, 0) is 37.6 Å². The third kappa shape index (κ3) is 3.48. The van der Waals surface area contributed by atoms with Crippen molar-refractivity contribution in [3.8, 4) is 0 Å². The van der Waals surface area contributed by atoms with E-state index in [0.29, 0.717) is 12.5 Å². The number of hydrogen-bond acceptors (Lipinski definition) is 2. The predicted octanol–water partition coefficient (Wildman–Crippen LogP) is 1.68. The molecule has 1 aliphatic carbocycles. The molecule has 2 fully saturated rings. The SMILES string of the molecule is CC1CCCC(CNCC2CCC(=O)N2)C1. The normalized spacial score (nSPS) is 35.1. The van der Waals surface area contributed by atoms with Crippen LogP contribution in [0.2, 0.25) is 0 Å². The van der Waals surface area contributed by atoms with Gasteiger partial charge < -0.3 is 10.6 Å². The highest BCUT2D eigenvalue weighted by molar-refractivity contribution is 5.78. The first kappa shape index (κ1) is 11.9. The van der Waals surface area contributed by atoms with E-state index in [1.54, 1.807) is 0 Å². The van der Waals surface area contributed by atoms with Crippen molar-refractivity contribution in [1.29, 1.82) is 0 Å². The molecule has 0 aromatic carbocycles. The van der Waals surface area contributed by atoms with Crippen LogP contribution in [0.1, 0.15) is 45.4 Å². The molecule has 2 N–H and O–H groups in total. The number of carbonyl (C=O) groups excluding carboxylic acids is 1. The van der Waals surface area contributed by atoms with Crippen molar-refractivity contribution in [3.63, 3.8) is 0 Å². The van der Waals surface area contributed by atoms with Crippen LogP contribution in [0.4, 0.5) is 0 Å². The minimum absolute atomic E-state index is 0.220. The topological polar surface area (TPSA) is 41.1 Å². The number of rotatable bonds is 4. The molecule has 3 atom stereocenters. The van der Waals surface area contributed by atoms with Crippen LogP contribution in [-0.4, -0.2) is 25.0 Å². The fourth-order valence-electron chi connectivity index (χ4n) is 3.04. The molecule has 1 saturated carbocycles. The maximum absolute atomic E-state index is 11.0. The largest absolute Gasteiger partial charge is 0.352 e. The summed E-state index contributed by atoms with van der Waals surface area (Å²) in [5, 5.41) is 6.52. The highest BCUT2D eigenvalue weighted by Crippen LogP contribution is 2.27. The Morgan fingerprint density at radius 2 is 2.19 bits per heavy atom. The van der Waals surface area contributed by atoms with E-state index in [0.717, 1.165) is 31.3 Å². The zero-order valence-electron chi connectivity index (χ0n) is 10.3. The van der Waals surface area contributed by atoms with Gasteiger partial charge in [-0.25, -0.2) is 0 Å². The summed E-state index contributed by atoms with van der Waals surface area (Å²) in [6.07, 6.45) is 7.29. The molecule has 0 radical (unpaired) electrons. The quantitative estimate of drug-likeness (QED) is 0.763. The van der Waals surface area contributed by atoms with Crippen LogP contribution in [0, 0.1) is 11.8 Å². The first-order valence-corrected chi connectivity index (χ1v) is 6.74. The Labute approximate surface area is 98.4 Å². The maximum atomic E-state index is 11.0. The summed E-state index contributed by atoms with van der Waals surface area (Å²) in [5.41, 5.74) is 0. The number of carbonyl (C=O) groups is 1. The molecule has 2 aliphatic rings. The lowest BCUT2D eigenvalue weighted by Gasteiger charge is -2.27. The number of hydrogen-bond donors (Lipinski definition) is 2. The molecule has 0 bridgehead atoms. The van der Waals surface area contributed by atoms with Crippen molar-refractivity contribution in [1.82, 2.24) is 10.6 Å². The molecule has 16 heavy (non-hydrogen) atoms. The van der Waals surface area contributed by atoms with Crippen molar-refractivity contribution in [2.24, 2.45) is 11.8 Å². The van der Waals surface area contributed by atoms with Gasteiger partial charge in [-0.15, -0.1) is 0 Å². The Balaban J connectivity index is 1.58. The van der Waals surface area contributed by atoms with Gasteiger partial charge in [0.25, 0.3) is 0 Å². The van der Waals surface area contributed by atoms with Crippen LogP contribution in [0.5, 0.6) is 0 Å². The second-order valence-corrected chi connectivity index (χ2v) is 5.60. The second kappa shape index (κ2) is 5.67. The summed E-state index contributed by atoms with van der Waals surface area (Å²) in [6.45, 7) is 4.46. The zero-order valence-corrected chi connectivity index (χ0v) is 10.3. The molecule has 3 unspecified atom stereocenters. The maximum Gasteiger partial charge on any atom is 0.220 e.